The molecule has 4 nitrogen and oxygen atoms in total. The number of hydrogen-bond donors (Lipinski definition) is 0. The van der Waals surface area contributed by atoms with Gasteiger partial charge in [0.05, 0.1) is 0 Å². The summed E-state index contributed by atoms with van der Waals surface area (Å²) in [5, 5.41) is 0. The third kappa shape index (κ3) is 13.9. The Balaban J connectivity index is -0.000000401. The molecule has 2 aromatic rings. The first kappa shape index (κ1) is 28.4. The van der Waals surface area contributed by atoms with Gasteiger partial charge in [0.2, 0.25) is 0 Å². The Kier molecular flexibility index (Phi) is 19.1. The van der Waals surface area contributed by atoms with Crippen molar-refractivity contribution >= 4 is 7.82 Å². The minimum atomic E-state index is -5.39. The fraction of sp³-hybridized carbons (Fsp3) is 0.143. The van der Waals surface area contributed by atoms with Crippen molar-refractivity contribution in [3.8, 4) is 0 Å². The van der Waals surface area contributed by atoms with E-state index in [-0.39, 0.29) is 88.7 Å². The van der Waals surface area contributed by atoms with Crippen molar-refractivity contribution in [1.82, 2.24) is 0 Å². The molecular weight excluding hydrogens is 332 g/mol. The predicted octanol–water partition coefficient (Wildman–Crippen LogP) is -7.97. The minimum absolute atomic E-state index is 0. The van der Waals surface area contributed by atoms with Gasteiger partial charge >= 0.3 is 88.7 Å². The largest absolute Gasteiger partial charge is 1.00 e. The SMILES string of the molecule is CC(c1ccccc1)c1ccccc1.O=P([O-])([O-])[O-].[Na+].[Na+].[Na+]. The van der Waals surface area contributed by atoms with Crippen LogP contribution in [0.4, 0.5) is 0 Å². The van der Waals surface area contributed by atoms with Gasteiger partial charge in [-0.25, -0.2) is 0 Å². The second-order valence-corrected chi connectivity index (χ2v) is 4.88. The van der Waals surface area contributed by atoms with Crippen molar-refractivity contribution in [3.05, 3.63) is 71.8 Å². The molecule has 0 bridgehead atoms. The van der Waals surface area contributed by atoms with E-state index in [0.717, 1.165) is 0 Å². The van der Waals surface area contributed by atoms with Crippen LogP contribution in [0.5, 0.6) is 0 Å². The van der Waals surface area contributed by atoms with Crippen LogP contribution in [0, 0.1) is 0 Å². The van der Waals surface area contributed by atoms with Crippen LogP contribution in [0.2, 0.25) is 0 Å². The van der Waals surface area contributed by atoms with Gasteiger partial charge in [-0.15, -0.1) is 0 Å². The molecule has 0 N–H and O–H groups in total. The van der Waals surface area contributed by atoms with Gasteiger partial charge in [-0.1, -0.05) is 67.6 Å². The molecule has 0 amide bonds. The molecule has 0 aromatic heterocycles. The minimum Gasteiger partial charge on any atom is -0.822 e. The Morgan fingerprint density at radius 1 is 0.727 bits per heavy atom. The third-order valence-electron chi connectivity index (χ3n) is 2.60. The number of hydrogen-bond acceptors (Lipinski definition) is 4. The first-order valence-corrected chi connectivity index (χ1v) is 7.17. The standard InChI is InChI=1S/C14H14.3Na.H3O4P/c1-12(13-8-4-2-5-9-13)14-10-6-3-7-11-14;;;;1-5(2,3)4/h2-12H,1H3;;;;(H3,1,2,3,4)/q;3*+1;/p-3. The molecule has 0 aliphatic rings. The molecule has 0 fully saturated rings. The smallest absolute Gasteiger partial charge is 0.822 e. The van der Waals surface area contributed by atoms with Crippen LogP contribution >= 0.6 is 7.82 Å². The first-order valence-electron chi connectivity index (χ1n) is 5.71. The van der Waals surface area contributed by atoms with Crippen molar-refractivity contribution in [2.24, 2.45) is 0 Å². The van der Waals surface area contributed by atoms with Gasteiger partial charge in [0, 0.05) is 5.92 Å². The molecule has 0 radical (unpaired) electrons. The predicted molar refractivity (Wildman–Crippen MR) is 68.0 cm³/mol. The van der Waals surface area contributed by atoms with Crippen molar-refractivity contribution in [2.75, 3.05) is 0 Å². The number of rotatable bonds is 2. The summed E-state index contributed by atoms with van der Waals surface area (Å²) in [5.74, 6) is 0.484. The van der Waals surface area contributed by atoms with E-state index in [0.29, 0.717) is 5.92 Å². The fourth-order valence-electron chi connectivity index (χ4n) is 1.68. The van der Waals surface area contributed by atoms with Gasteiger partial charge in [-0.3, -0.25) is 0 Å². The molecule has 0 saturated heterocycles. The molecule has 22 heavy (non-hydrogen) atoms. The Bertz CT molecular complexity index is 487. The summed E-state index contributed by atoms with van der Waals surface area (Å²) in [4.78, 5) is 25.6. The van der Waals surface area contributed by atoms with Gasteiger partial charge in [0.15, 0.2) is 0 Å². The Labute approximate surface area is 197 Å². The summed E-state index contributed by atoms with van der Waals surface area (Å²) in [6.07, 6.45) is 0. The van der Waals surface area contributed by atoms with Crippen molar-refractivity contribution in [1.29, 1.82) is 0 Å². The van der Waals surface area contributed by atoms with Crippen LogP contribution in [0.3, 0.4) is 0 Å². The van der Waals surface area contributed by atoms with E-state index in [9.17, 15) is 0 Å². The molecule has 0 aliphatic carbocycles. The molecule has 0 atom stereocenters. The third-order valence-corrected chi connectivity index (χ3v) is 2.60. The van der Waals surface area contributed by atoms with Crippen molar-refractivity contribution < 1.29 is 108 Å². The van der Waals surface area contributed by atoms with Gasteiger partial charge in [-0.2, -0.15) is 7.82 Å². The first-order chi connectivity index (χ1) is 8.88. The van der Waals surface area contributed by atoms with E-state index in [1.54, 1.807) is 0 Å². The van der Waals surface area contributed by atoms with E-state index >= 15 is 0 Å². The summed E-state index contributed by atoms with van der Waals surface area (Å²) in [6.45, 7) is 2.24. The van der Waals surface area contributed by atoms with Gasteiger partial charge in [-0.05, 0) is 11.1 Å². The van der Waals surface area contributed by atoms with Crippen LogP contribution < -0.4 is 103 Å². The monoisotopic (exact) mass is 346 g/mol. The summed E-state index contributed by atoms with van der Waals surface area (Å²) >= 11 is 0. The zero-order chi connectivity index (χ0) is 14.3. The molecule has 0 heterocycles. The van der Waals surface area contributed by atoms with E-state index in [1.165, 1.54) is 11.1 Å². The molecule has 8 heteroatoms. The molecule has 102 valence electrons. The average molecular weight is 346 g/mol. The molecule has 0 saturated carbocycles. The van der Waals surface area contributed by atoms with Crippen molar-refractivity contribution in [2.45, 2.75) is 12.8 Å². The normalized spacial score (nSPS) is 9.32. The molecular formula is C14H14Na3O4P. The Hall–Kier alpha value is 1.55. The van der Waals surface area contributed by atoms with E-state index in [2.05, 4.69) is 67.6 Å². The maximum atomic E-state index is 8.55. The van der Waals surface area contributed by atoms with Gasteiger partial charge in [0.25, 0.3) is 0 Å². The fourth-order valence-corrected chi connectivity index (χ4v) is 1.68. The van der Waals surface area contributed by atoms with Gasteiger partial charge < -0.3 is 19.2 Å². The zero-order valence-corrected chi connectivity index (χ0v) is 20.3. The maximum Gasteiger partial charge on any atom is 1.00 e. The average Bonchev–Trinajstić information content (AvgIpc) is 2.38. The summed E-state index contributed by atoms with van der Waals surface area (Å²) in [5.41, 5.74) is 2.75. The van der Waals surface area contributed by atoms with Crippen LogP contribution in [-0.4, -0.2) is 0 Å². The summed E-state index contributed by atoms with van der Waals surface area (Å²) < 4.78 is 8.55. The van der Waals surface area contributed by atoms with E-state index in [4.69, 9.17) is 19.2 Å². The zero-order valence-electron chi connectivity index (χ0n) is 13.4. The number of phosphoric acid groups is 1. The molecule has 2 rings (SSSR count). The summed E-state index contributed by atoms with van der Waals surface area (Å²) in [6, 6.07) is 21.2. The number of benzene rings is 2. The summed E-state index contributed by atoms with van der Waals surface area (Å²) in [7, 11) is -5.39. The van der Waals surface area contributed by atoms with E-state index < -0.39 is 7.82 Å². The molecule has 2 aromatic carbocycles. The van der Waals surface area contributed by atoms with Crippen LogP contribution in [0.1, 0.15) is 24.0 Å². The van der Waals surface area contributed by atoms with Crippen LogP contribution in [0.15, 0.2) is 60.7 Å². The van der Waals surface area contributed by atoms with Crippen LogP contribution in [-0.2, 0) is 4.57 Å². The van der Waals surface area contributed by atoms with E-state index in [1.807, 2.05) is 0 Å². The molecule has 0 unspecified atom stereocenters. The van der Waals surface area contributed by atoms with Gasteiger partial charge in [0.1, 0.15) is 0 Å². The second kappa shape index (κ2) is 14.9. The maximum absolute atomic E-state index is 8.55. The van der Waals surface area contributed by atoms with Crippen LogP contribution in [0.25, 0.3) is 0 Å². The molecule has 0 aliphatic heterocycles. The quantitative estimate of drug-likeness (QED) is 0.399. The second-order valence-electron chi connectivity index (χ2n) is 3.99. The van der Waals surface area contributed by atoms with Crippen molar-refractivity contribution in [3.63, 3.8) is 0 Å². The topological polar surface area (TPSA) is 86.2 Å². The molecule has 0 spiro atoms. The Morgan fingerprint density at radius 2 is 0.955 bits per heavy atom. The Morgan fingerprint density at radius 3 is 1.18 bits per heavy atom.